The molecular formula is C21H23N3O2. The second-order valence-electron chi connectivity index (χ2n) is 6.75. The maximum Gasteiger partial charge on any atom is 0.319 e. The van der Waals surface area contributed by atoms with Crippen molar-refractivity contribution in [3.8, 4) is 0 Å². The Balaban J connectivity index is 1.99. The number of aryl methyl sites for hydroxylation is 3. The van der Waals surface area contributed by atoms with Crippen LogP contribution in [0.25, 0.3) is 0 Å². The fourth-order valence-corrected chi connectivity index (χ4v) is 3.66. The molecule has 1 aliphatic rings. The molecule has 0 aliphatic carbocycles. The number of carbonyl (C=O) groups is 2. The molecule has 2 aromatic rings. The molecule has 3 amide bonds. The van der Waals surface area contributed by atoms with Gasteiger partial charge in [-0.05, 0) is 49.6 Å². The summed E-state index contributed by atoms with van der Waals surface area (Å²) in [5, 5.41) is 8.47. The van der Waals surface area contributed by atoms with Crippen molar-refractivity contribution in [2.75, 3.05) is 5.32 Å². The molecule has 0 spiro atoms. The summed E-state index contributed by atoms with van der Waals surface area (Å²) < 4.78 is 0. The first kappa shape index (κ1) is 17.7. The number of benzene rings is 2. The molecule has 2 aromatic carbocycles. The lowest BCUT2D eigenvalue weighted by atomic mass is 9.83. The quantitative estimate of drug-likeness (QED) is 0.790. The SMILES string of the molecule is C=C1NC(=O)N[C@H](c2c(C)cc(C)cc2C)[C@H]1C(=O)Nc1ccccc1. The van der Waals surface area contributed by atoms with E-state index in [1.54, 1.807) is 0 Å². The molecule has 1 heterocycles. The highest BCUT2D eigenvalue weighted by Gasteiger charge is 2.39. The van der Waals surface area contributed by atoms with E-state index in [1.165, 1.54) is 0 Å². The van der Waals surface area contributed by atoms with Crippen molar-refractivity contribution in [2.45, 2.75) is 26.8 Å². The minimum absolute atomic E-state index is 0.210. The second-order valence-corrected chi connectivity index (χ2v) is 6.75. The van der Waals surface area contributed by atoms with Crippen LogP contribution in [0.15, 0.2) is 54.7 Å². The molecule has 0 saturated carbocycles. The number of hydrogen-bond acceptors (Lipinski definition) is 2. The summed E-state index contributed by atoms with van der Waals surface area (Å²) in [5.74, 6) is -0.828. The number of carbonyl (C=O) groups excluding carboxylic acids is 2. The predicted octanol–water partition coefficient (Wildman–Crippen LogP) is 3.73. The Morgan fingerprint density at radius 3 is 2.31 bits per heavy atom. The minimum Gasteiger partial charge on any atom is -0.330 e. The van der Waals surface area contributed by atoms with Gasteiger partial charge in [-0.15, -0.1) is 0 Å². The fraction of sp³-hybridized carbons (Fsp3) is 0.238. The molecule has 3 rings (SSSR count). The molecule has 1 saturated heterocycles. The van der Waals surface area contributed by atoms with E-state index in [0.29, 0.717) is 11.4 Å². The molecule has 3 N–H and O–H groups in total. The van der Waals surface area contributed by atoms with E-state index in [9.17, 15) is 9.59 Å². The normalized spacial score (nSPS) is 19.5. The Kier molecular flexibility index (Phi) is 4.80. The lowest BCUT2D eigenvalue weighted by Crippen LogP contribution is -2.52. The van der Waals surface area contributed by atoms with E-state index in [-0.39, 0.29) is 11.9 Å². The maximum absolute atomic E-state index is 13.0. The van der Waals surface area contributed by atoms with Crippen molar-refractivity contribution in [1.82, 2.24) is 10.6 Å². The number of amides is 3. The molecule has 5 heteroatoms. The average Bonchev–Trinajstić information content (AvgIpc) is 2.54. The van der Waals surface area contributed by atoms with Crippen LogP contribution in [0, 0.1) is 26.7 Å². The van der Waals surface area contributed by atoms with Crippen LogP contribution in [0.5, 0.6) is 0 Å². The van der Waals surface area contributed by atoms with Crippen LogP contribution in [0.1, 0.15) is 28.3 Å². The smallest absolute Gasteiger partial charge is 0.319 e. The van der Waals surface area contributed by atoms with E-state index in [4.69, 9.17) is 0 Å². The molecule has 1 aliphatic heterocycles. The summed E-state index contributed by atoms with van der Waals surface area (Å²) in [6.07, 6.45) is 0. The number of nitrogens with one attached hydrogen (secondary N) is 3. The number of anilines is 1. The van der Waals surface area contributed by atoms with Gasteiger partial charge in [-0.1, -0.05) is 42.5 Å². The molecule has 0 bridgehead atoms. The van der Waals surface area contributed by atoms with Gasteiger partial charge in [-0.25, -0.2) is 4.79 Å². The van der Waals surface area contributed by atoms with Gasteiger partial charge in [0.15, 0.2) is 0 Å². The van der Waals surface area contributed by atoms with Gasteiger partial charge in [0.1, 0.15) is 5.92 Å². The molecule has 134 valence electrons. The summed E-state index contributed by atoms with van der Waals surface area (Å²) in [5.41, 5.74) is 5.29. The molecule has 0 unspecified atom stereocenters. The van der Waals surface area contributed by atoms with Gasteiger partial charge < -0.3 is 16.0 Å². The lowest BCUT2D eigenvalue weighted by molar-refractivity contribution is -0.119. The van der Waals surface area contributed by atoms with Crippen molar-refractivity contribution in [2.24, 2.45) is 5.92 Å². The second kappa shape index (κ2) is 7.04. The van der Waals surface area contributed by atoms with Gasteiger partial charge in [0.05, 0.1) is 6.04 Å². The molecular weight excluding hydrogens is 326 g/mol. The van der Waals surface area contributed by atoms with E-state index in [0.717, 1.165) is 22.3 Å². The Hall–Kier alpha value is -3.08. The van der Waals surface area contributed by atoms with Gasteiger partial charge in [-0.2, -0.15) is 0 Å². The number of para-hydroxylation sites is 1. The summed E-state index contributed by atoms with van der Waals surface area (Å²) in [7, 11) is 0. The highest BCUT2D eigenvalue weighted by molar-refractivity contribution is 5.97. The Morgan fingerprint density at radius 1 is 1.08 bits per heavy atom. The van der Waals surface area contributed by atoms with Crippen molar-refractivity contribution in [3.63, 3.8) is 0 Å². The average molecular weight is 349 g/mol. The first-order valence-corrected chi connectivity index (χ1v) is 8.57. The van der Waals surface area contributed by atoms with Crippen LogP contribution >= 0.6 is 0 Å². The Labute approximate surface area is 153 Å². The third-order valence-electron chi connectivity index (χ3n) is 4.64. The third kappa shape index (κ3) is 3.47. The molecule has 0 aromatic heterocycles. The number of hydrogen-bond donors (Lipinski definition) is 3. The maximum atomic E-state index is 13.0. The monoisotopic (exact) mass is 349 g/mol. The standard InChI is InChI=1S/C21H23N3O2/c1-12-10-13(2)17(14(3)11-12)19-18(15(4)22-21(26)24-19)20(25)23-16-8-6-5-7-9-16/h5-11,18-19H,4H2,1-3H3,(H,23,25)(H2,22,24,26)/t18-,19+/m0/s1. The van der Waals surface area contributed by atoms with Crippen LogP contribution in [0.4, 0.5) is 10.5 Å². The third-order valence-corrected chi connectivity index (χ3v) is 4.64. The Morgan fingerprint density at radius 2 is 1.69 bits per heavy atom. The van der Waals surface area contributed by atoms with E-state index >= 15 is 0 Å². The summed E-state index contributed by atoms with van der Waals surface area (Å²) in [6, 6.07) is 12.6. The van der Waals surface area contributed by atoms with E-state index in [1.807, 2.05) is 51.1 Å². The summed E-state index contributed by atoms with van der Waals surface area (Å²) in [6.45, 7) is 9.96. The van der Waals surface area contributed by atoms with Crippen molar-refractivity contribution >= 4 is 17.6 Å². The largest absolute Gasteiger partial charge is 0.330 e. The van der Waals surface area contributed by atoms with Gasteiger partial charge in [0.2, 0.25) is 5.91 Å². The van der Waals surface area contributed by atoms with Crippen LogP contribution in [0.2, 0.25) is 0 Å². The first-order chi connectivity index (χ1) is 12.4. The van der Waals surface area contributed by atoms with Crippen LogP contribution in [-0.2, 0) is 4.79 Å². The van der Waals surface area contributed by atoms with Crippen LogP contribution in [-0.4, -0.2) is 11.9 Å². The van der Waals surface area contributed by atoms with Crippen molar-refractivity contribution in [3.05, 3.63) is 77.0 Å². The van der Waals surface area contributed by atoms with Crippen molar-refractivity contribution < 1.29 is 9.59 Å². The highest BCUT2D eigenvalue weighted by Crippen LogP contribution is 2.34. The lowest BCUT2D eigenvalue weighted by Gasteiger charge is -2.35. The molecule has 5 nitrogen and oxygen atoms in total. The summed E-state index contributed by atoms with van der Waals surface area (Å²) >= 11 is 0. The van der Waals surface area contributed by atoms with Gasteiger partial charge in [-0.3, -0.25) is 4.79 Å². The molecule has 1 fully saturated rings. The van der Waals surface area contributed by atoms with Gasteiger partial charge in [0.25, 0.3) is 0 Å². The van der Waals surface area contributed by atoms with E-state index in [2.05, 4.69) is 34.7 Å². The molecule has 0 radical (unpaired) electrons. The van der Waals surface area contributed by atoms with Crippen molar-refractivity contribution in [1.29, 1.82) is 0 Å². The minimum atomic E-state index is -0.618. The zero-order chi connectivity index (χ0) is 18.8. The highest BCUT2D eigenvalue weighted by atomic mass is 16.2. The topological polar surface area (TPSA) is 70.2 Å². The zero-order valence-electron chi connectivity index (χ0n) is 15.2. The molecule has 2 atom stereocenters. The van der Waals surface area contributed by atoms with Crippen LogP contribution < -0.4 is 16.0 Å². The first-order valence-electron chi connectivity index (χ1n) is 8.57. The summed E-state index contributed by atoms with van der Waals surface area (Å²) in [4.78, 5) is 25.1. The number of rotatable bonds is 3. The Bertz CT molecular complexity index is 851. The predicted molar refractivity (Wildman–Crippen MR) is 103 cm³/mol. The van der Waals surface area contributed by atoms with Crippen LogP contribution in [0.3, 0.4) is 0 Å². The number of urea groups is 1. The van der Waals surface area contributed by atoms with Gasteiger partial charge >= 0.3 is 6.03 Å². The molecule has 26 heavy (non-hydrogen) atoms. The van der Waals surface area contributed by atoms with Gasteiger partial charge in [0, 0.05) is 11.4 Å². The fourth-order valence-electron chi connectivity index (χ4n) is 3.66. The zero-order valence-corrected chi connectivity index (χ0v) is 15.2. The van der Waals surface area contributed by atoms with E-state index < -0.39 is 12.0 Å².